The van der Waals surface area contributed by atoms with Gasteiger partial charge in [0.25, 0.3) is 0 Å². The Kier molecular flexibility index (Phi) is 2.21. The molecule has 0 aliphatic heterocycles. The summed E-state index contributed by atoms with van der Waals surface area (Å²) in [5.41, 5.74) is 9.57. The summed E-state index contributed by atoms with van der Waals surface area (Å²) in [6.07, 6.45) is 0. The highest BCUT2D eigenvalue weighted by Crippen LogP contribution is 2.24. The summed E-state index contributed by atoms with van der Waals surface area (Å²) < 4.78 is 0. The molecule has 58 valence electrons. The van der Waals surface area contributed by atoms with E-state index in [2.05, 4.69) is 10.4 Å². The average molecular weight is 149 g/mol. The Balaban J connectivity index is 3.16. The molecule has 2 N–H and O–H groups in total. The summed E-state index contributed by atoms with van der Waals surface area (Å²) in [5.74, 6) is 0. The van der Waals surface area contributed by atoms with Gasteiger partial charge in [0.1, 0.15) is 5.69 Å². The van der Waals surface area contributed by atoms with Crippen LogP contribution in [0.4, 0.5) is 11.4 Å². The van der Waals surface area contributed by atoms with Crippen molar-refractivity contribution in [2.24, 2.45) is 5.11 Å². The van der Waals surface area contributed by atoms with Crippen LogP contribution in [-0.2, 0) is 0 Å². The van der Waals surface area contributed by atoms with Gasteiger partial charge >= 0.3 is 0 Å². The van der Waals surface area contributed by atoms with Crippen LogP contribution in [0.15, 0.2) is 23.3 Å². The zero-order valence-corrected chi connectivity index (χ0v) is 6.68. The maximum atomic E-state index is 6.87. The fourth-order valence-electron chi connectivity index (χ4n) is 0.946. The summed E-state index contributed by atoms with van der Waals surface area (Å²) in [5, 5.41) is 6.35. The Morgan fingerprint density at radius 2 is 2.18 bits per heavy atom. The van der Waals surface area contributed by atoms with Crippen molar-refractivity contribution in [1.82, 2.24) is 0 Å². The highest BCUT2D eigenvalue weighted by atomic mass is 15.0. The molecule has 1 rings (SSSR count). The third-order valence-electron chi connectivity index (χ3n) is 1.54. The summed E-state index contributed by atoms with van der Waals surface area (Å²) in [4.78, 5) is 0. The number of nitrogens with one attached hydrogen (secondary N) is 2. The minimum absolute atomic E-state index is 0.688. The van der Waals surface area contributed by atoms with Gasteiger partial charge in [0.05, 0.1) is 5.69 Å². The van der Waals surface area contributed by atoms with E-state index in [1.165, 1.54) is 0 Å². The van der Waals surface area contributed by atoms with Crippen LogP contribution in [-0.4, -0.2) is 7.05 Å². The lowest BCUT2D eigenvalue weighted by Crippen LogP contribution is -1.87. The zero-order chi connectivity index (χ0) is 8.27. The Bertz CT molecular complexity index is 268. The number of hydrogen-bond donors (Lipinski definition) is 2. The van der Waals surface area contributed by atoms with E-state index in [1.54, 1.807) is 0 Å². The molecule has 0 aromatic heterocycles. The van der Waals surface area contributed by atoms with Crippen molar-refractivity contribution in [1.29, 1.82) is 5.53 Å². The first kappa shape index (κ1) is 7.72. The van der Waals surface area contributed by atoms with Gasteiger partial charge in [-0.3, -0.25) is 0 Å². The summed E-state index contributed by atoms with van der Waals surface area (Å²) >= 11 is 0. The molecule has 0 saturated heterocycles. The van der Waals surface area contributed by atoms with Crippen LogP contribution < -0.4 is 5.32 Å². The lowest BCUT2D eigenvalue weighted by atomic mass is 10.2. The molecule has 0 radical (unpaired) electrons. The first-order valence-electron chi connectivity index (χ1n) is 3.44. The van der Waals surface area contributed by atoms with Crippen LogP contribution in [0.3, 0.4) is 0 Å². The van der Waals surface area contributed by atoms with Gasteiger partial charge in [-0.05, 0) is 24.6 Å². The molecule has 0 saturated carbocycles. The maximum absolute atomic E-state index is 6.87. The third kappa shape index (κ3) is 1.55. The Hall–Kier alpha value is -1.38. The highest BCUT2D eigenvalue weighted by molar-refractivity contribution is 5.65. The van der Waals surface area contributed by atoms with Crippen molar-refractivity contribution in [2.45, 2.75) is 6.92 Å². The van der Waals surface area contributed by atoms with E-state index in [-0.39, 0.29) is 0 Å². The van der Waals surface area contributed by atoms with E-state index in [0.717, 1.165) is 11.3 Å². The van der Waals surface area contributed by atoms with E-state index >= 15 is 0 Å². The van der Waals surface area contributed by atoms with E-state index in [0.29, 0.717) is 5.69 Å². The van der Waals surface area contributed by atoms with Gasteiger partial charge in [-0.1, -0.05) is 6.07 Å². The second kappa shape index (κ2) is 3.14. The first-order valence-corrected chi connectivity index (χ1v) is 3.44. The highest BCUT2D eigenvalue weighted by Gasteiger charge is 1.97. The molecule has 0 spiro atoms. The molecule has 11 heavy (non-hydrogen) atoms. The van der Waals surface area contributed by atoms with Crippen LogP contribution in [0.5, 0.6) is 0 Å². The molecule has 3 nitrogen and oxygen atoms in total. The van der Waals surface area contributed by atoms with E-state index in [4.69, 9.17) is 5.53 Å². The fraction of sp³-hybridized carbons (Fsp3) is 0.250. The predicted molar refractivity (Wildman–Crippen MR) is 45.5 cm³/mol. The molecular formula is C8H11N3. The van der Waals surface area contributed by atoms with Gasteiger partial charge < -0.3 is 5.32 Å². The number of aryl methyl sites for hydroxylation is 1. The number of hydrogen-bond acceptors (Lipinski definition) is 3. The van der Waals surface area contributed by atoms with Crippen LogP contribution in [0.2, 0.25) is 0 Å². The Morgan fingerprint density at radius 3 is 2.73 bits per heavy atom. The normalized spacial score (nSPS) is 9.27. The van der Waals surface area contributed by atoms with Gasteiger partial charge in [-0.25, -0.2) is 5.53 Å². The van der Waals surface area contributed by atoms with Gasteiger partial charge in [-0.15, -0.1) is 0 Å². The second-order valence-corrected chi connectivity index (χ2v) is 2.38. The largest absolute Gasteiger partial charge is 0.386 e. The van der Waals surface area contributed by atoms with Crippen molar-refractivity contribution in [3.63, 3.8) is 0 Å². The van der Waals surface area contributed by atoms with Crippen LogP contribution >= 0.6 is 0 Å². The number of rotatable bonds is 2. The quantitative estimate of drug-likeness (QED) is 0.624. The van der Waals surface area contributed by atoms with E-state index in [9.17, 15) is 0 Å². The molecule has 0 fully saturated rings. The van der Waals surface area contributed by atoms with Crippen molar-refractivity contribution in [2.75, 3.05) is 12.4 Å². The Labute approximate surface area is 65.9 Å². The van der Waals surface area contributed by atoms with Gasteiger partial charge in [0.2, 0.25) is 0 Å². The standard InChI is InChI=1S/C8H11N3/c1-6-3-4-7(10-2)8(5-6)11-9/h3-5,9-10H,1-2H3. The van der Waals surface area contributed by atoms with E-state index in [1.807, 2.05) is 32.2 Å². The second-order valence-electron chi connectivity index (χ2n) is 2.38. The number of benzene rings is 1. The minimum Gasteiger partial charge on any atom is -0.386 e. The molecule has 1 aromatic rings. The molecule has 0 aliphatic carbocycles. The summed E-state index contributed by atoms with van der Waals surface area (Å²) in [7, 11) is 1.82. The molecule has 0 aliphatic rings. The van der Waals surface area contributed by atoms with Crippen LogP contribution in [0.1, 0.15) is 5.56 Å². The maximum Gasteiger partial charge on any atom is 0.108 e. The van der Waals surface area contributed by atoms with Crippen molar-refractivity contribution in [3.05, 3.63) is 23.8 Å². The monoisotopic (exact) mass is 149 g/mol. The zero-order valence-electron chi connectivity index (χ0n) is 6.68. The van der Waals surface area contributed by atoms with Crippen LogP contribution in [0, 0.1) is 12.5 Å². The minimum atomic E-state index is 0.688. The molecule has 1 aromatic carbocycles. The smallest absolute Gasteiger partial charge is 0.108 e. The average Bonchev–Trinajstić information content (AvgIpc) is 2.04. The molecule has 0 heterocycles. The topological polar surface area (TPSA) is 48.2 Å². The lowest BCUT2D eigenvalue weighted by molar-refractivity contribution is 1.14. The lowest BCUT2D eigenvalue weighted by Gasteiger charge is -2.03. The molecule has 0 unspecified atom stereocenters. The predicted octanol–water partition coefficient (Wildman–Crippen LogP) is 2.70. The number of anilines is 1. The first-order chi connectivity index (χ1) is 5.27. The Morgan fingerprint density at radius 1 is 1.45 bits per heavy atom. The molecule has 0 amide bonds. The van der Waals surface area contributed by atoms with Gasteiger partial charge in [0.15, 0.2) is 0 Å². The third-order valence-corrected chi connectivity index (χ3v) is 1.54. The molecular weight excluding hydrogens is 138 g/mol. The van der Waals surface area contributed by atoms with Crippen molar-refractivity contribution in [3.8, 4) is 0 Å². The van der Waals surface area contributed by atoms with Crippen molar-refractivity contribution >= 4 is 11.4 Å². The van der Waals surface area contributed by atoms with Crippen molar-refractivity contribution < 1.29 is 0 Å². The van der Waals surface area contributed by atoms with Gasteiger partial charge in [-0.2, -0.15) is 5.11 Å². The van der Waals surface area contributed by atoms with Gasteiger partial charge in [0, 0.05) is 7.05 Å². The summed E-state index contributed by atoms with van der Waals surface area (Å²) in [6, 6.07) is 5.78. The van der Waals surface area contributed by atoms with E-state index < -0.39 is 0 Å². The molecule has 0 atom stereocenters. The SMILES string of the molecule is CNc1ccc(C)cc1N=N. The molecule has 3 heteroatoms. The molecule has 0 bridgehead atoms. The summed E-state index contributed by atoms with van der Waals surface area (Å²) in [6.45, 7) is 1.98. The number of nitrogens with zero attached hydrogens (tertiary/aromatic N) is 1. The van der Waals surface area contributed by atoms with Crippen LogP contribution in [0.25, 0.3) is 0 Å². The fourth-order valence-corrected chi connectivity index (χ4v) is 0.946.